The molecule has 0 aliphatic carbocycles. The highest BCUT2D eigenvalue weighted by Crippen LogP contribution is 2.49. The van der Waals surface area contributed by atoms with Gasteiger partial charge in [-0.3, -0.25) is 0 Å². The summed E-state index contributed by atoms with van der Waals surface area (Å²) in [6.07, 6.45) is 0. The van der Waals surface area contributed by atoms with Crippen molar-refractivity contribution < 1.29 is 4.42 Å². The number of hydrogen-bond donors (Lipinski definition) is 0. The summed E-state index contributed by atoms with van der Waals surface area (Å²) in [5.74, 6) is 0. The summed E-state index contributed by atoms with van der Waals surface area (Å²) < 4.78 is 6.76. The van der Waals surface area contributed by atoms with Crippen LogP contribution in [0.4, 0.5) is 17.1 Å². The average molecular weight is 790 g/mol. The number of hydrogen-bond acceptors (Lipinski definition) is 2. The molecule has 0 spiro atoms. The van der Waals surface area contributed by atoms with Crippen molar-refractivity contribution in [3.63, 3.8) is 0 Å². The van der Waals surface area contributed by atoms with Crippen LogP contribution in [0.2, 0.25) is 0 Å². The van der Waals surface area contributed by atoms with Crippen LogP contribution in [0.25, 0.3) is 98.8 Å². The number of rotatable bonds is 7. The standard InChI is InChI=1S/C60H39NO/c1-3-17-42(18-4-1)58-52-25-10-9-23-49(52)50-37-34-46(39-54(50)59(58)43-19-5-2-6-20-43)48-22-11-13-27-55(48)61(56-28-15-26-53-51-24-12-14-29-57(51)62-60(53)56)47-35-32-41(33-36-47)45-31-30-40-16-7-8-21-44(40)38-45/h1-39H. The van der Waals surface area contributed by atoms with Crippen LogP contribution in [-0.4, -0.2) is 0 Å². The van der Waals surface area contributed by atoms with Gasteiger partial charge in [-0.2, -0.15) is 0 Å². The molecule has 12 aromatic rings. The smallest absolute Gasteiger partial charge is 0.159 e. The molecular formula is C60H39NO. The van der Waals surface area contributed by atoms with Crippen molar-refractivity contribution in [3.05, 3.63) is 237 Å². The van der Waals surface area contributed by atoms with Gasteiger partial charge >= 0.3 is 0 Å². The molecule has 290 valence electrons. The minimum absolute atomic E-state index is 0.853. The summed E-state index contributed by atoms with van der Waals surface area (Å²) in [6, 6.07) is 85.5. The Morgan fingerprint density at radius 3 is 1.65 bits per heavy atom. The number of nitrogens with zero attached hydrogens (tertiary/aromatic N) is 1. The molecule has 0 aliphatic rings. The Morgan fingerprint density at radius 2 is 0.855 bits per heavy atom. The highest BCUT2D eigenvalue weighted by atomic mass is 16.3. The molecule has 12 rings (SSSR count). The second kappa shape index (κ2) is 14.8. The first-order valence-corrected chi connectivity index (χ1v) is 21.3. The van der Waals surface area contributed by atoms with E-state index >= 15 is 0 Å². The summed E-state index contributed by atoms with van der Waals surface area (Å²) in [5.41, 5.74) is 14.3. The lowest BCUT2D eigenvalue weighted by molar-refractivity contribution is 0.669. The maximum Gasteiger partial charge on any atom is 0.159 e. The van der Waals surface area contributed by atoms with Crippen molar-refractivity contribution in [2.75, 3.05) is 4.90 Å². The molecule has 0 amide bonds. The van der Waals surface area contributed by atoms with Crippen molar-refractivity contribution in [2.45, 2.75) is 0 Å². The zero-order valence-electron chi connectivity index (χ0n) is 33.9. The van der Waals surface area contributed by atoms with Crippen molar-refractivity contribution in [2.24, 2.45) is 0 Å². The lowest BCUT2D eigenvalue weighted by atomic mass is 9.84. The van der Waals surface area contributed by atoms with E-state index in [1.807, 2.05) is 6.07 Å². The number of furan rings is 1. The molecule has 62 heavy (non-hydrogen) atoms. The molecule has 1 aromatic heterocycles. The fraction of sp³-hybridized carbons (Fsp3) is 0. The Hall–Kier alpha value is -8.20. The summed E-state index contributed by atoms with van der Waals surface area (Å²) in [6.45, 7) is 0. The third-order valence-corrected chi connectivity index (χ3v) is 12.4. The minimum Gasteiger partial charge on any atom is -0.454 e. The molecule has 0 unspecified atom stereocenters. The zero-order chi connectivity index (χ0) is 41.0. The van der Waals surface area contributed by atoms with E-state index in [4.69, 9.17) is 4.42 Å². The van der Waals surface area contributed by atoms with Crippen LogP contribution in [0.1, 0.15) is 0 Å². The second-order valence-electron chi connectivity index (χ2n) is 16.0. The number of fused-ring (bicyclic) bond motifs is 7. The van der Waals surface area contributed by atoms with Crippen molar-refractivity contribution in [1.82, 2.24) is 0 Å². The average Bonchev–Trinajstić information content (AvgIpc) is 3.74. The normalized spacial score (nSPS) is 11.5. The zero-order valence-corrected chi connectivity index (χ0v) is 33.9. The molecular weight excluding hydrogens is 751 g/mol. The first-order valence-electron chi connectivity index (χ1n) is 21.3. The number of benzene rings is 11. The van der Waals surface area contributed by atoms with E-state index in [0.717, 1.165) is 50.1 Å². The maximum atomic E-state index is 6.76. The maximum absolute atomic E-state index is 6.76. The van der Waals surface area contributed by atoms with Gasteiger partial charge in [-0.1, -0.05) is 194 Å². The predicted molar refractivity (Wildman–Crippen MR) is 263 cm³/mol. The van der Waals surface area contributed by atoms with Gasteiger partial charge in [0.25, 0.3) is 0 Å². The van der Waals surface area contributed by atoms with E-state index < -0.39 is 0 Å². The van der Waals surface area contributed by atoms with Gasteiger partial charge in [0.15, 0.2) is 5.58 Å². The lowest BCUT2D eigenvalue weighted by Crippen LogP contribution is -2.11. The topological polar surface area (TPSA) is 16.4 Å². The molecule has 0 saturated carbocycles. The summed E-state index contributed by atoms with van der Waals surface area (Å²) >= 11 is 0. The molecule has 1 heterocycles. The molecule has 0 fully saturated rings. The second-order valence-corrected chi connectivity index (χ2v) is 16.0. The Kier molecular flexibility index (Phi) is 8.53. The van der Waals surface area contributed by atoms with E-state index in [1.54, 1.807) is 0 Å². The summed E-state index contributed by atoms with van der Waals surface area (Å²) in [5, 5.41) is 9.60. The Bertz CT molecular complexity index is 3620. The highest BCUT2D eigenvalue weighted by Gasteiger charge is 2.23. The predicted octanol–water partition coefficient (Wildman–Crippen LogP) is 17.2. The molecule has 0 saturated heterocycles. The first kappa shape index (κ1) is 35.7. The molecule has 0 N–H and O–H groups in total. The summed E-state index contributed by atoms with van der Waals surface area (Å²) in [4.78, 5) is 2.38. The molecule has 2 nitrogen and oxygen atoms in total. The van der Waals surface area contributed by atoms with Gasteiger partial charge in [-0.05, 0) is 114 Å². The molecule has 0 aliphatic heterocycles. The van der Waals surface area contributed by atoms with Crippen LogP contribution in [0, 0.1) is 0 Å². The number of para-hydroxylation sites is 3. The fourth-order valence-corrected chi connectivity index (χ4v) is 9.57. The van der Waals surface area contributed by atoms with Crippen molar-refractivity contribution >= 4 is 71.3 Å². The monoisotopic (exact) mass is 789 g/mol. The third-order valence-electron chi connectivity index (χ3n) is 12.4. The van der Waals surface area contributed by atoms with Crippen LogP contribution >= 0.6 is 0 Å². The van der Waals surface area contributed by atoms with Gasteiger partial charge in [-0.25, -0.2) is 0 Å². The van der Waals surface area contributed by atoms with Gasteiger partial charge in [0, 0.05) is 22.0 Å². The van der Waals surface area contributed by atoms with Gasteiger partial charge in [0.05, 0.1) is 11.4 Å². The minimum atomic E-state index is 0.853. The molecule has 0 radical (unpaired) electrons. The van der Waals surface area contributed by atoms with Gasteiger partial charge < -0.3 is 9.32 Å². The molecule has 0 atom stereocenters. The SMILES string of the molecule is c1ccc(-c2c(-c3ccccc3)c3cc(-c4ccccc4N(c4ccc(-c5ccc6ccccc6c5)cc4)c4cccc5c4oc4ccccc45)ccc3c3ccccc23)cc1. The van der Waals surface area contributed by atoms with Gasteiger partial charge in [-0.15, -0.1) is 0 Å². The van der Waals surface area contributed by atoms with Crippen LogP contribution in [0.5, 0.6) is 0 Å². The molecule has 2 heteroatoms. The van der Waals surface area contributed by atoms with E-state index in [2.05, 4.69) is 235 Å². The van der Waals surface area contributed by atoms with Crippen LogP contribution in [0.3, 0.4) is 0 Å². The Balaban J connectivity index is 1.09. The number of anilines is 3. The van der Waals surface area contributed by atoms with Crippen LogP contribution in [-0.2, 0) is 0 Å². The van der Waals surface area contributed by atoms with E-state index in [9.17, 15) is 0 Å². The van der Waals surface area contributed by atoms with E-state index in [1.165, 1.54) is 65.7 Å². The molecule has 0 bridgehead atoms. The van der Waals surface area contributed by atoms with Gasteiger partial charge in [0.2, 0.25) is 0 Å². The van der Waals surface area contributed by atoms with Crippen LogP contribution < -0.4 is 4.90 Å². The first-order chi connectivity index (χ1) is 30.8. The van der Waals surface area contributed by atoms with Crippen molar-refractivity contribution in [1.29, 1.82) is 0 Å². The third kappa shape index (κ3) is 5.96. The van der Waals surface area contributed by atoms with Gasteiger partial charge in [0.1, 0.15) is 5.58 Å². The summed E-state index contributed by atoms with van der Waals surface area (Å²) in [7, 11) is 0. The van der Waals surface area contributed by atoms with E-state index in [-0.39, 0.29) is 0 Å². The Morgan fingerprint density at radius 1 is 0.290 bits per heavy atom. The van der Waals surface area contributed by atoms with E-state index in [0.29, 0.717) is 0 Å². The lowest BCUT2D eigenvalue weighted by Gasteiger charge is -2.28. The Labute approximate surface area is 360 Å². The largest absolute Gasteiger partial charge is 0.454 e. The van der Waals surface area contributed by atoms with Crippen LogP contribution in [0.15, 0.2) is 241 Å². The fourth-order valence-electron chi connectivity index (χ4n) is 9.57. The van der Waals surface area contributed by atoms with Crippen molar-refractivity contribution in [3.8, 4) is 44.5 Å². The quantitative estimate of drug-likeness (QED) is 0.150. The highest BCUT2D eigenvalue weighted by molar-refractivity contribution is 6.22. The molecule has 11 aromatic carbocycles.